The minimum Gasteiger partial charge on any atom is -0.494 e. The third-order valence-electron chi connectivity index (χ3n) is 3.78. The Balaban J connectivity index is 2.23. The van der Waals surface area contributed by atoms with Gasteiger partial charge in [0, 0.05) is 11.6 Å². The molecule has 1 aromatic carbocycles. The van der Waals surface area contributed by atoms with Crippen LogP contribution in [0.1, 0.15) is 44.2 Å². The van der Waals surface area contributed by atoms with Crippen molar-refractivity contribution in [3.8, 4) is 5.75 Å². The van der Waals surface area contributed by atoms with Gasteiger partial charge in [-0.15, -0.1) is 0 Å². The molecule has 1 atom stereocenters. The summed E-state index contributed by atoms with van der Waals surface area (Å²) in [6, 6.07) is 5.56. The summed E-state index contributed by atoms with van der Waals surface area (Å²) >= 11 is 0. The lowest BCUT2D eigenvalue weighted by atomic mass is 9.77. The van der Waals surface area contributed by atoms with Crippen LogP contribution in [0.5, 0.6) is 5.75 Å². The first-order valence-electron chi connectivity index (χ1n) is 6.83. The number of halogens is 1. The Hall–Kier alpha value is -1.09. The number of nitrogens with one attached hydrogen (secondary N) is 1. The molecule has 2 rings (SSSR count). The van der Waals surface area contributed by atoms with Crippen molar-refractivity contribution in [2.75, 3.05) is 13.7 Å². The number of hydrogen-bond donors (Lipinski definition) is 1. The van der Waals surface area contributed by atoms with Crippen LogP contribution in [-0.2, 0) is 0 Å². The summed E-state index contributed by atoms with van der Waals surface area (Å²) in [6.07, 6.45) is 4.71. The highest BCUT2D eigenvalue weighted by Gasteiger charge is 2.30. The summed E-state index contributed by atoms with van der Waals surface area (Å²) in [4.78, 5) is 0. The molecule has 1 aliphatic carbocycles. The van der Waals surface area contributed by atoms with Crippen molar-refractivity contribution in [3.05, 3.63) is 29.6 Å². The van der Waals surface area contributed by atoms with E-state index in [-0.39, 0.29) is 11.9 Å². The number of hydrogen-bond acceptors (Lipinski definition) is 2. The van der Waals surface area contributed by atoms with Crippen molar-refractivity contribution in [3.63, 3.8) is 0 Å². The Kier molecular flexibility index (Phi) is 4.59. The van der Waals surface area contributed by atoms with Crippen molar-refractivity contribution in [1.29, 1.82) is 0 Å². The zero-order valence-corrected chi connectivity index (χ0v) is 11.2. The molecule has 3 heteroatoms. The molecular weight excluding hydrogens is 229 g/mol. The average molecular weight is 251 g/mol. The van der Waals surface area contributed by atoms with E-state index in [2.05, 4.69) is 12.2 Å². The monoisotopic (exact) mass is 251 g/mol. The number of benzene rings is 1. The third kappa shape index (κ3) is 2.66. The van der Waals surface area contributed by atoms with Gasteiger partial charge in [-0.1, -0.05) is 25.5 Å². The summed E-state index contributed by atoms with van der Waals surface area (Å²) in [5.41, 5.74) is 0.757. The molecule has 1 saturated carbocycles. The molecule has 1 fully saturated rings. The van der Waals surface area contributed by atoms with Crippen LogP contribution in [0.15, 0.2) is 18.2 Å². The maximum Gasteiger partial charge on any atom is 0.169 e. The summed E-state index contributed by atoms with van der Waals surface area (Å²) < 4.78 is 19.4. The molecule has 18 heavy (non-hydrogen) atoms. The zero-order chi connectivity index (χ0) is 13.0. The predicted molar refractivity (Wildman–Crippen MR) is 71.3 cm³/mol. The summed E-state index contributed by atoms with van der Waals surface area (Å²) in [5, 5.41) is 3.48. The Morgan fingerprint density at radius 3 is 2.78 bits per heavy atom. The molecule has 0 radical (unpaired) electrons. The number of rotatable bonds is 6. The average Bonchev–Trinajstić information content (AvgIpc) is 2.32. The van der Waals surface area contributed by atoms with Gasteiger partial charge in [0.05, 0.1) is 7.11 Å². The summed E-state index contributed by atoms with van der Waals surface area (Å²) in [7, 11) is 1.51. The van der Waals surface area contributed by atoms with E-state index in [4.69, 9.17) is 4.74 Å². The first-order chi connectivity index (χ1) is 8.77. The second-order valence-electron chi connectivity index (χ2n) is 4.99. The molecule has 2 nitrogen and oxygen atoms in total. The van der Waals surface area contributed by atoms with E-state index in [0.29, 0.717) is 11.7 Å². The third-order valence-corrected chi connectivity index (χ3v) is 3.78. The summed E-state index contributed by atoms with van der Waals surface area (Å²) in [6.45, 7) is 3.06. The lowest BCUT2D eigenvalue weighted by Crippen LogP contribution is -2.33. The van der Waals surface area contributed by atoms with Crippen LogP contribution in [0.3, 0.4) is 0 Å². The fraction of sp³-hybridized carbons (Fsp3) is 0.600. The van der Waals surface area contributed by atoms with Gasteiger partial charge in [0.1, 0.15) is 0 Å². The standard InChI is InChI=1S/C15H22FNO/c1-3-10-17-15(11-6-4-7-11)12-8-5-9-13(18-2)14(12)16/h5,8-9,11,15,17H,3-4,6-7,10H2,1-2H3. The molecule has 0 aromatic heterocycles. The van der Waals surface area contributed by atoms with Gasteiger partial charge >= 0.3 is 0 Å². The molecular formula is C15H22FNO. The molecule has 0 bridgehead atoms. The first-order valence-corrected chi connectivity index (χ1v) is 6.83. The van der Waals surface area contributed by atoms with Gasteiger partial charge in [-0.25, -0.2) is 4.39 Å². The smallest absolute Gasteiger partial charge is 0.169 e. The molecule has 0 heterocycles. The van der Waals surface area contributed by atoms with Crippen LogP contribution < -0.4 is 10.1 Å². The van der Waals surface area contributed by atoms with Gasteiger partial charge in [-0.05, 0) is 37.8 Å². The second-order valence-corrected chi connectivity index (χ2v) is 4.99. The minimum atomic E-state index is -0.208. The molecule has 0 spiro atoms. The maximum absolute atomic E-state index is 14.3. The largest absolute Gasteiger partial charge is 0.494 e. The fourth-order valence-corrected chi connectivity index (χ4v) is 2.53. The van der Waals surface area contributed by atoms with Crippen LogP contribution in [0.2, 0.25) is 0 Å². The van der Waals surface area contributed by atoms with Crippen molar-refractivity contribution >= 4 is 0 Å². The topological polar surface area (TPSA) is 21.3 Å². The quantitative estimate of drug-likeness (QED) is 0.832. The number of ether oxygens (including phenoxy) is 1. The lowest BCUT2D eigenvalue weighted by molar-refractivity contribution is 0.226. The molecule has 0 amide bonds. The zero-order valence-electron chi connectivity index (χ0n) is 11.2. The molecule has 100 valence electrons. The van der Waals surface area contributed by atoms with Gasteiger partial charge in [0.25, 0.3) is 0 Å². The SMILES string of the molecule is CCCNC(c1cccc(OC)c1F)C1CCC1. The highest BCUT2D eigenvalue weighted by atomic mass is 19.1. The Bertz CT molecular complexity index is 390. The van der Waals surface area contributed by atoms with E-state index in [9.17, 15) is 4.39 Å². The Labute approximate surface area is 109 Å². The molecule has 1 N–H and O–H groups in total. The second kappa shape index (κ2) is 6.19. The van der Waals surface area contributed by atoms with E-state index in [1.165, 1.54) is 26.4 Å². The molecule has 0 aliphatic heterocycles. The van der Waals surface area contributed by atoms with E-state index >= 15 is 0 Å². The van der Waals surface area contributed by atoms with Crippen molar-refractivity contribution in [2.45, 2.75) is 38.6 Å². The molecule has 1 aliphatic rings. The van der Waals surface area contributed by atoms with Crippen LogP contribution in [0.4, 0.5) is 4.39 Å². The van der Waals surface area contributed by atoms with Gasteiger partial charge in [0.2, 0.25) is 0 Å². The van der Waals surface area contributed by atoms with Crippen molar-refractivity contribution in [2.24, 2.45) is 5.92 Å². The highest BCUT2D eigenvalue weighted by Crippen LogP contribution is 2.39. The Morgan fingerprint density at radius 2 is 2.22 bits per heavy atom. The van der Waals surface area contributed by atoms with Crippen molar-refractivity contribution < 1.29 is 9.13 Å². The van der Waals surface area contributed by atoms with Gasteiger partial charge < -0.3 is 10.1 Å². The van der Waals surface area contributed by atoms with Crippen LogP contribution >= 0.6 is 0 Å². The van der Waals surface area contributed by atoms with Crippen LogP contribution in [0, 0.1) is 11.7 Å². The molecule has 1 aromatic rings. The van der Waals surface area contributed by atoms with Gasteiger partial charge in [-0.3, -0.25) is 0 Å². The van der Waals surface area contributed by atoms with E-state index in [1.807, 2.05) is 12.1 Å². The van der Waals surface area contributed by atoms with E-state index < -0.39 is 0 Å². The molecule has 0 saturated heterocycles. The van der Waals surface area contributed by atoms with E-state index in [1.54, 1.807) is 6.07 Å². The fourth-order valence-electron chi connectivity index (χ4n) is 2.53. The van der Waals surface area contributed by atoms with Crippen LogP contribution in [0.25, 0.3) is 0 Å². The minimum absolute atomic E-state index is 0.133. The molecule has 1 unspecified atom stereocenters. The normalized spacial score (nSPS) is 17.3. The Morgan fingerprint density at radius 1 is 1.44 bits per heavy atom. The van der Waals surface area contributed by atoms with Gasteiger partial charge in [0.15, 0.2) is 11.6 Å². The lowest BCUT2D eigenvalue weighted by Gasteiger charge is -2.35. The number of methoxy groups -OCH3 is 1. The van der Waals surface area contributed by atoms with E-state index in [0.717, 1.165) is 18.5 Å². The first kappa shape index (κ1) is 13.3. The van der Waals surface area contributed by atoms with Crippen LogP contribution in [-0.4, -0.2) is 13.7 Å². The maximum atomic E-state index is 14.3. The van der Waals surface area contributed by atoms with Crippen molar-refractivity contribution in [1.82, 2.24) is 5.32 Å². The predicted octanol–water partition coefficient (Wildman–Crippen LogP) is 3.68. The van der Waals surface area contributed by atoms with Gasteiger partial charge in [-0.2, -0.15) is 0 Å². The highest BCUT2D eigenvalue weighted by molar-refractivity contribution is 5.33. The summed E-state index contributed by atoms with van der Waals surface area (Å²) in [5.74, 6) is 0.703.